The molecule has 0 spiro atoms. The Morgan fingerprint density at radius 1 is 0.950 bits per heavy atom. The summed E-state index contributed by atoms with van der Waals surface area (Å²) in [5.74, 6) is -0.865. The molecule has 212 valence electrons. The van der Waals surface area contributed by atoms with Crippen LogP contribution in [0.2, 0.25) is 5.02 Å². The smallest absolute Gasteiger partial charge is 0.247 e. The Morgan fingerprint density at radius 3 is 2.17 bits per heavy atom. The van der Waals surface area contributed by atoms with Crippen molar-refractivity contribution in [3.63, 3.8) is 0 Å². The Balaban J connectivity index is 1.67. The largest absolute Gasteiger partial charge is 0.376 e. The van der Waals surface area contributed by atoms with Gasteiger partial charge in [-0.15, -0.1) is 0 Å². The first-order valence-electron chi connectivity index (χ1n) is 13.2. The maximum Gasteiger partial charge on any atom is 0.247 e. The van der Waals surface area contributed by atoms with Crippen LogP contribution < -0.4 is 5.32 Å². The summed E-state index contributed by atoms with van der Waals surface area (Å²) in [5, 5.41) is 3.51. The predicted octanol–water partition coefficient (Wildman–Crippen LogP) is 4.17. The van der Waals surface area contributed by atoms with Crippen LogP contribution in [0.4, 0.5) is 0 Å². The minimum Gasteiger partial charge on any atom is -0.376 e. The van der Waals surface area contributed by atoms with Gasteiger partial charge in [0.15, 0.2) is 0 Å². The SMILES string of the molecule is CS(=O)(=O)N(CC(=O)N(Cc1ccc(Cl)cc1)[C@H](C(=O)NC[C@@H]1CCCO1)c1ccccc1)Cc1ccccc1. The summed E-state index contributed by atoms with van der Waals surface area (Å²) in [6.07, 6.45) is 2.79. The molecule has 2 amide bonds. The van der Waals surface area contributed by atoms with Crippen molar-refractivity contribution in [2.75, 3.05) is 26.0 Å². The summed E-state index contributed by atoms with van der Waals surface area (Å²) in [6.45, 7) is 0.665. The lowest BCUT2D eigenvalue weighted by atomic mass is 10.0. The van der Waals surface area contributed by atoms with Crippen molar-refractivity contribution >= 4 is 33.4 Å². The molecule has 2 atom stereocenters. The normalized spacial score (nSPS) is 16.0. The van der Waals surface area contributed by atoms with E-state index >= 15 is 0 Å². The number of nitrogens with zero attached hydrogens (tertiary/aromatic N) is 2. The summed E-state index contributed by atoms with van der Waals surface area (Å²) < 4.78 is 32.3. The van der Waals surface area contributed by atoms with E-state index in [1.54, 1.807) is 60.7 Å². The molecular weight excluding hydrogens is 550 g/mol. The van der Waals surface area contributed by atoms with Crippen molar-refractivity contribution < 1.29 is 22.7 Å². The van der Waals surface area contributed by atoms with Gasteiger partial charge in [0.05, 0.1) is 18.9 Å². The number of benzene rings is 3. The topological polar surface area (TPSA) is 96.0 Å². The molecule has 1 fully saturated rings. The fraction of sp³-hybridized carbons (Fsp3) is 0.333. The second-order valence-electron chi connectivity index (χ2n) is 9.86. The molecule has 40 heavy (non-hydrogen) atoms. The van der Waals surface area contributed by atoms with E-state index in [-0.39, 0.29) is 25.1 Å². The molecule has 3 aromatic carbocycles. The molecule has 3 aromatic rings. The van der Waals surface area contributed by atoms with Crippen LogP contribution in [0.25, 0.3) is 0 Å². The van der Waals surface area contributed by atoms with Gasteiger partial charge in [0, 0.05) is 31.3 Å². The molecule has 0 unspecified atom stereocenters. The maximum absolute atomic E-state index is 14.0. The van der Waals surface area contributed by atoms with Gasteiger partial charge < -0.3 is 15.0 Å². The minimum absolute atomic E-state index is 0.0292. The molecule has 1 N–H and O–H groups in total. The molecule has 10 heteroatoms. The van der Waals surface area contributed by atoms with Crippen LogP contribution in [0.1, 0.15) is 35.6 Å². The summed E-state index contributed by atoms with van der Waals surface area (Å²) in [5.41, 5.74) is 2.11. The highest BCUT2D eigenvalue weighted by Gasteiger charge is 2.34. The van der Waals surface area contributed by atoms with E-state index in [4.69, 9.17) is 16.3 Å². The molecule has 4 rings (SSSR count). The van der Waals surface area contributed by atoms with Crippen molar-refractivity contribution in [2.45, 2.75) is 38.1 Å². The number of rotatable bonds is 12. The van der Waals surface area contributed by atoms with E-state index in [9.17, 15) is 18.0 Å². The van der Waals surface area contributed by atoms with Crippen LogP contribution >= 0.6 is 11.6 Å². The zero-order chi connectivity index (χ0) is 28.5. The Kier molecular flexibility index (Phi) is 10.3. The summed E-state index contributed by atoms with van der Waals surface area (Å²) in [7, 11) is -3.75. The highest BCUT2D eigenvalue weighted by molar-refractivity contribution is 7.88. The third-order valence-corrected chi connectivity index (χ3v) is 8.22. The zero-order valence-corrected chi connectivity index (χ0v) is 24.0. The van der Waals surface area contributed by atoms with Crippen molar-refractivity contribution in [1.29, 1.82) is 0 Å². The average Bonchev–Trinajstić information content (AvgIpc) is 3.47. The summed E-state index contributed by atoms with van der Waals surface area (Å²) in [4.78, 5) is 29.2. The quantitative estimate of drug-likeness (QED) is 0.345. The summed E-state index contributed by atoms with van der Waals surface area (Å²) >= 11 is 6.09. The average molecular weight is 584 g/mol. The predicted molar refractivity (Wildman–Crippen MR) is 155 cm³/mol. The number of hydrogen-bond acceptors (Lipinski definition) is 5. The Morgan fingerprint density at radius 2 is 1.57 bits per heavy atom. The fourth-order valence-electron chi connectivity index (χ4n) is 4.65. The van der Waals surface area contributed by atoms with Crippen LogP contribution in [0.3, 0.4) is 0 Å². The van der Waals surface area contributed by atoms with E-state index in [1.807, 2.05) is 24.3 Å². The van der Waals surface area contributed by atoms with E-state index in [0.29, 0.717) is 23.7 Å². The molecule has 0 aromatic heterocycles. The van der Waals surface area contributed by atoms with Crippen molar-refractivity contribution in [3.8, 4) is 0 Å². The second kappa shape index (κ2) is 13.9. The zero-order valence-electron chi connectivity index (χ0n) is 22.4. The Labute approximate surface area is 240 Å². The lowest BCUT2D eigenvalue weighted by molar-refractivity contribution is -0.142. The van der Waals surface area contributed by atoms with Crippen LogP contribution in [0.5, 0.6) is 0 Å². The molecule has 1 saturated heterocycles. The van der Waals surface area contributed by atoms with Gasteiger partial charge in [-0.2, -0.15) is 4.31 Å². The Bertz CT molecular complexity index is 1370. The van der Waals surface area contributed by atoms with E-state index in [1.165, 1.54) is 4.90 Å². The number of carbonyl (C=O) groups excluding carboxylic acids is 2. The van der Waals surface area contributed by atoms with Gasteiger partial charge in [0.25, 0.3) is 0 Å². The van der Waals surface area contributed by atoms with E-state index in [2.05, 4.69) is 5.32 Å². The van der Waals surface area contributed by atoms with Crippen LogP contribution in [0, 0.1) is 0 Å². The van der Waals surface area contributed by atoms with E-state index < -0.39 is 28.5 Å². The number of nitrogens with one attached hydrogen (secondary N) is 1. The molecule has 1 aliphatic heterocycles. The third kappa shape index (κ3) is 8.38. The van der Waals surface area contributed by atoms with Crippen LogP contribution in [0.15, 0.2) is 84.9 Å². The third-order valence-electron chi connectivity index (χ3n) is 6.77. The van der Waals surface area contributed by atoms with Gasteiger partial charge in [-0.1, -0.05) is 84.4 Å². The van der Waals surface area contributed by atoms with Crippen LogP contribution in [-0.4, -0.2) is 61.5 Å². The first-order valence-corrected chi connectivity index (χ1v) is 15.4. The number of ether oxygens (including phenoxy) is 1. The number of hydrogen-bond donors (Lipinski definition) is 1. The monoisotopic (exact) mass is 583 g/mol. The Hall–Kier alpha value is -3.24. The minimum atomic E-state index is -3.75. The number of sulfonamides is 1. The summed E-state index contributed by atoms with van der Waals surface area (Å²) in [6, 6.07) is 24.1. The molecule has 0 saturated carbocycles. The first kappa shape index (κ1) is 29.7. The second-order valence-corrected chi connectivity index (χ2v) is 12.3. The van der Waals surface area contributed by atoms with Crippen LogP contribution in [-0.2, 0) is 37.4 Å². The number of amides is 2. The molecule has 1 aliphatic rings. The van der Waals surface area contributed by atoms with Gasteiger partial charge in [-0.25, -0.2) is 8.42 Å². The van der Waals surface area contributed by atoms with E-state index in [0.717, 1.165) is 34.5 Å². The molecular formula is C30H34ClN3O5S. The van der Waals surface area contributed by atoms with Crippen molar-refractivity contribution in [2.24, 2.45) is 0 Å². The van der Waals surface area contributed by atoms with Gasteiger partial charge >= 0.3 is 0 Å². The van der Waals surface area contributed by atoms with Gasteiger partial charge in [-0.05, 0) is 41.7 Å². The molecule has 0 radical (unpaired) electrons. The van der Waals surface area contributed by atoms with Gasteiger partial charge in [0.1, 0.15) is 6.04 Å². The van der Waals surface area contributed by atoms with Gasteiger partial charge in [-0.3, -0.25) is 9.59 Å². The number of halogens is 1. The lowest BCUT2D eigenvalue weighted by Crippen LogP contribution is -2.48. The molecule has 1 heterocycles. The van der Waals surface area contributed by atoms with Gasteiger partial charge in [0.2, 0.25) is 21.8 Å². The molecule has 8 nitrogen and oxygen atoms in total. The molecule has 0 aliphatic carbocycles. The van der Waals surface area contributed by atoms with Crippen molar-refractivity contribution in [1.82, 2.24) is 14.5 Å². The number of carbonyl (C=O) groups is 2. The highest BCUT2D eigenvalue weighted by Crippen LogP contribution is 2.26. The highest BCUT2D eigenvalue weighted by atomic mass is 35.5. The first-order chi connectivity index (χ1) is 19.2. The standard InChI is InChI=1S/C30H34ClN3O5S/c1-40(37,38)33(20-23-9-4-2-5-10-23)22-28(35)34(21-24-14-16-26(31)17-15-24)29(25-11-6-3-7-12-25)30(36)32-19-27-13-8-18-39-27/h2-7,9-12,14-17,27,29H,8,13,18-22H2,1H3,(H,32,36)/t27-,29-/m0/s1. The fourth-order valence-corrected chi connectivity index (χ4v) is 5.51. The lowest BCUT2D eigenvalue weighted by Gasteiger charge is -2.33. The maximum atomic E-state index is 14.0. The van der Waals surface area contributed by atoms with Crippen molar-refractivity contribution in [3.05, 3.63) is 107 Å². The molecule has 0 bridgehead atoms.